The van der Waals surface area contributed by atoms with Crippen LogP contribution in [0.25, 0.3) is 11.3 Å². The minimum absolute atomic E-state index is 0.0630. The van der Waals surface area contributed by atoms with Gasteiger partial charge in [0.25, 0.3) is 0 Å². The number of thioether (sulfide) groups is 1. The molecule has 0 fully saturated rings. The lowest BCUT2D eigenvalue weighted by Crippen LogP contribution is -2.22. The number of carbonyl (C=O) groups is 1. The van der Waals surface area contributed by atoms with Crippen LogP contribution in [0, 0.1) is 13.8 Å². The van der Waals surface area contributed by atoms with E-state index in [2.05, 4.69) is 15.3 Å². The normalized spacial score (nSPS) is 11.8. The molecule has 1 atom stereocenters. The molecule has 0 saturated carbocycles. The van der Waals surface area contributed by atoms with Crippen molar-refractivity contribution in [2.24, 2.45) is 0 Å². The van der Waals surface area contributed by atoms with Gasteiger partial charge >= 0.3 is 0 Å². The first-order chi connectivity index (χ1) is 12.5. The molecule has 3 aromatic rings. The first-order valence-electron chi connectivity index (χ1n) is 8.46. The molecule has 0 spiro atoms. The lowest BCUT2D eigenvalue weighted by Gasteiger charge is -2.12. The fraction of sp³-hybridized carbons (Fsp3) is 0.190. The molecular weight excluding hydrogens is 342 g/mol. The van der Waals surface area contributed by atoms with E-state index in [0.717, 1.165) is 28.2 Å². The van der Waals surface area contributed by atoms with Gasteiger partial charge in [0.2, 0.25) is 5.91 Å². The Balaban J connectivity index is 1.73. The second kappa shape index (κ2) is 8.15. The minimum atomic E-state index is -0.305. The zero-order chi connectivity index (χ0) is 18.5. The molecule has 4 nitrogen and oxygen atoms in total. The molecule has 132 valence electrons. The molecule has 0 saturated heterocycles. The Bertz CT molecular complexity index is 912. The predicted octanol–water partition coefficient (Wildman–Crippen LogP) is 4.88. The summed E-state index contributed by atoms with van der Waals surface area (Å²) >= 11 is 1.36. The predicted molar refractivity (Wildman–Crippen MR) is 107 cm³/mol. The van der Waals surface area contributed by atoms with E-state index in [0.29, 0.717) is 5.16 Å². The number of nitrogens with one attached hydrogen (secondary N) is 1. The molecule has 0 bridgehead atoms. The van der Waals surface area contributed by atoms with Crippen molar-refractivity contribution in [2.75, 3.05) is 5.32 Å². The average molecular weight is 363 g/mol. The smallest absolute Gasteiger partial charge is 0.237 e. The summed E-state index contributed by atoms with van der Waals surface area (Å²) in [6.45, 7) is 5.80. The third-order valence-electron chi connectivity index (χ3n) is 3.84. The van der Waals surface area contributed by atoms with E-state index in [-0.39, 0.29) is 11.2 Å². The quantitative estimate of drug-likeness (QED) is 0.518. The van der Waals surface area contributed by atoms with Crippen LogP contribution in [0.2, 0.25) is 0 Å². The maximum atomic E-state index is 12.5. The molecule has 0 aliphatic carbocycles. The molecule has 1 aromatic heterocycles. The first kappa shape index (κ1) is 18.1. The zero-order valence-corrected chi connectivity index (χ0v) is 15.9. The molecule has 3 rings (SSSR count). The number of rotatable bonds is 5. The van der Waals surface area contributed by atoms with Crippen molar-refractivity contribution in [1.29, 1.82) is 0 Å². The van der Waals surface area contributed by atoms with Crippen LogP contribution in [-0.4, -0.2) is 21.1 Å². The molecule has 0 aliphatic rings. The van der Waals surface area contributed by atoms with Gasteiger partial charge in [-0.05, 0) is 44.5 Å². The van der Waals surface area contributed by atoms with Crippen LogP contribution in [0.15, 0.2) is 65.8 Å². The van der Waals surface area contributed by atoms with Crippen LogP contribution in [0.4, 0.5) is 5.69 Å². The van der Waals surface area contributed by atoms with Crippen LogP contribution in [-0.2, 0) is 4.79 Å². The number of hydrogen-bond donors (Lipinski definition) is 1. The Morgan fingerprint density at radius 3 is 2.50 bits per heavy atom. The van der Waals surface area contributed by atoms with Gasteiger partial charge in [-0.25, -0.2) is 9.97 Å². The number of nitrogens with zero attached hydrogens (tertiary/aromatic N) is 2. The highest BCUT2D eigenvalue weighted by atomic mass is 32.2. The van der Waals surface area contributed by atoms with E-state index in [9.17, 15) is 4.79 Å². The van der Waals surface area contributed by atoms with E-state index < -0.39 is 0 Å². The van der Waals surface area contributed by atoms with Crippen molar-refractivity contribution < 1.29 is 4.79 Å². The summed E-state index contributed by atoms with van der Waals surface area (Å²) in [4.78, 5) is 21.6. The van der Waals surface area contributed by atoms with Gasteiger partial charge in [-0.2, -0.15) is 0 Å². The maximum Gasteiger partial charge on any atom is 0.237 e. The highest BCUT2D eigenvalue weighted by Gasteiger charge is 2.17. The van der Waals surface area contributed by atoms with Crippen molar-refractivity contribution in [3.63, 3.8) is 0 Å². The van der Waals surface area contributed by atoms with Gasteiger partial charge in [0.15, 0.2) is 5.16 Å². The lowest BCUT2D eigenvalue weighted by molar-refractivity contribution is -0.115. The van der Waals surface area contributed by atoms with Gasteiger partial charge in [-0.1, -0.05) is 54.2 Å². The van der Waals surface area contributed by atoms with E-state index in [1.165, 1.54) is 11.8 Å². The molecule has 0 unspecified atom stereocenters. The molecule has 1 N–H and O–H groups in total. The van der Waals surface area contributed by atoms with Crippen molar-refractivity contribution >= 4 is 23.4 Å². The average Bonchev–Trinajstić information content (AvgIpc) is 2.62. The molecule has 1 amide bonds. The Morgan fingerprint density at radius 2 is 1.77 bits per heavy atom. The summed E-state index contributed by atoms with van der Waals surface area (Å²) in [5, 5.41) is 3.25. The Kier molecular flexibility index (Phi) is 5.68. The van der Waals surface area contributed by atoms with E-state index in [1.807, 2.05) is 81.4 Å². The minimum Gasteiger partial charge on any atom is -0.325 e. The Labute approximate surface area is 158 Å². The fourth-order valence-corrected chi connectivity index (χ4v) is 3.36. The zero-order valence-electron chi connectivity index (χ0n) is 15.1. The van der Waals surface area contributed by atoms with Gasteiger partial charge < -0.3 is 5.32 Å². The number of hydrogen-bond acceptors (Lipinski definition) is 4. The monoisotopic (exact) mass is 363 g/mol. The van der Waals surface area contributed by atoms with E-state index >= 15 is 0 Å². The number of aromatic nitrogens is 2. The summed E-state index contributed by atoms with van der Waals surface area (Å²) in [6, 6.07) is 19.7. The number of anilines is 1. The highest BCUT2D eigenvalue weighted by molar-refractivity contribution is 8.00. The van der Waals surface area contributed by atoms with Crippen molar-refractivity contribution in [2.45, 2.75) is 31.2 Å². The molecule has 2 aromatic carbocycles. The summed E-state index contributed by atoms with van der Waals surface area (Å²) in [7, 11) is 0. The second-order valence-corrected chi connectivity index (χ2v) is 7.47. The molecular formula is C21H21N3OS. The molecule has 26 heavy (non-hydrogen) atoms. The van der Waals surface area contributed by atoms with Crippen LogP contribution in [0.3, 0.4) is 0 Å². The molecule has 1 heterocycles. The van der Waals surface area contributed by atoms with Crippen LogP contribution < -0.4 is 5.32 Å². The van der Waals surface area contributed by atoms with Crippen molar-refractivity contribution in [3.05, 3.63) is 71.9 Å². The first-order valence-corrected chi connectivity index (χ1v) is 9.34. The standard InChI is InChI=1S/C21H21N3OS/c1-14-8-7-11-18(12-14)23-20(25)16(3)26-21-22-15(2)13-19(24-21)17-9-5-4-6-10-17/h4-13,16H,1-3H3,(H,23,25)/t16-/m0/s1. The molecule has 0 aliphatic heterocycles. The lowest BCUT2D eigenvalue weighted by atomic mass is 10.1. The van der Waals surface area contributed by atoms with E-state index in [4.69, 9.17) is 0 Å². The number of carbonyl (C=O) groups excluding carboxylic acids is 1. The molecule has 5 heteroatoms. The van der Waals surface area contributed by atoms with Gasteiger partial charge in [0, 0.05) is 16.9 Å². The van der Waals surface area contributed by atoms with Crippen LogP contribution >= 0.6 is 11.8 Å². The maximum absolute atomic E-state index is 12.5. The largest absolute Gasteiger partial charge is 0.325 e. The third kappa shape index (κ3) is 4.70. The number of benzene rings is 2. The SMILES string of the molecule is Cc1cccc(NC(=O)[C@H](C)Sc2nc(C)cc(-c3ccccc3)n2)c1. The summed E-state index contributed by atoms with van der Waals surface area (Å²) in [5.74, 6) is -0.0630. The topological polar surface area (TPSA) is 54.9 Å². The summed E-state index contributed by atoms with van der Waals surface area (Å²) in [5.41, 5.74) is 4.70. The Hall–Kier alpha value is -2.66. The number of amides is 1. The van der Waals surface area contributed by atoms with Gasteiger partial charge in [-0.15, -0.1) is 0 Å². The number of aryl methyl sites for hydroxylation is 2. The molecule has 0 radical (unpaired) electrons. The van der Waals surface area contributed by atoms with Crippen molar-refractivity contribution in [1.82, 2.24) is 9.97 Å². The van der Waals surface area contributed by atoms with Crippen LogP contribution in [0.5, 0.6) is 0 Å². The second-order valence-electron chi connectivity index (χ2n) is 6.16. The Morgan fingerprint density at radius 1 is 1.00 bits per heavy atom. The summed E-state index contributed by atoms with van der Waals surface area (Å²) < 4.78 is 0. The fourth-order valence-electron chi connectivity index (χ4n) is 2.53. The van der Waals surface area contributed by atoms with Crippen LogP contribution in [0.1, 0.15) is 18.2 Å². The van der Waals surface area contributed by atoms with Gasteiger partial charge in [-0.3, -0.25) is 4.79 Å². The van der Waals surface area contributed by atoms with Crippen molar-refractivity contribution in [3.8, 4) is 11.3 Å². The highest BCUT2D eigenvalue weighted by Crippen LogP contribution is 2.25. The van der Waals surface area contributed by atoms with Gasteiger partial charge in [0.1, 0.15) is 0 Å². The summed E-state index contributed by atoms with van der Waals surface area (Å²) in [6.07, 6.45) is 0. The van der Waals surface area contributed by atoms with Gasteiger partial charge in [0.05, 0.1) is 10.9 Å². The third-order valence-corrected chi connectivity index (χ3v) is 4.80. The van der Waals surface area contributed by atoms with E-state index in [1.54, 1.807) is 0 Å².